The minimum atomic E-state index is 0.00778. The van der Waals surface area contributed by atoms with Crippen LogP contribution in [0.15, 0.2) is 6.20 Å². The third-order valence-corrected chi connectivity index (χ3v) is 4.35. The average molecular weight is 253 g/mol. The Morgan fingerprint density at radius 3 is 2.88 bits per heavy atom. The van der Waals surface area contributed by atoms with Crippen molar-refractivity contribution >= 4 is 17.4 Å². The van der Waals surface area contributed by atoms with Gasteiger partial charge in [0.05, 0.1) is 6.04 Å². The van der Waals surface area contributed by atoms with Crippen LogP contribution in [0.4, 0.5) is 4.79 Å². The molecule has 1 N–H and O–H groups in total. The van der Waals surface area contributed by atoms with Crippen LogP contribution in [0.5, 0.6) is 0 Å². The molecular formula is C12H19N3OS. The molecule has 1 aromatic rings. The van der Waals surface area contributed by atoms with Gasteiger partial charge in [-0.3, -0.25) is 0 Å². The van der Waals surface area contributed by atoms with Gasteiger partial charge in [0.25, 0.3) is 0 Å². The highest BCUT2D eigenvalue weighted by Crippen LogP contribution is 2.20. The van der Waals surface area contributed by atoms with Gasteiger partial charge in [-0.05, 0) is 26.2 Å². The van der Waals surface area contributed by atoms with Gasteiger partial charge in [0, 0.05) is 24.2 Å². The standard InChI is InChI=1S/C12H19N3OS/c1-3-10-8-13-11(17-10)9(2)14-12(16)15-6-4-5-7-15/h8-9H,3-7H2,1-2H3,(H,14,16). The van der Waals surface area contributed by atoms with Gasteiger partial charge in [-0.2, -0.15) is 0 Å². The molecule has 2 heterocycles. The van der Waals surface area contributed by atoms with E-state index < -0.39 is 0 Å². The van der Waals surface area contributed by atoms with Gasteiger partial charge in [0.15, 0.2) is 0 Å². The number of amides is 2. The molecule has 0 bridgehead atoms. The number of likely N-dealkylation sites (tertiary alicyclic amines) is 1. The number of carbonyl (C=O) groups is 1. The number of thiazole rings is 1. The van der Waals surface area contributed by atoms with Crippen LogP contribution >= 0.6 is 11.3 Å². The summed E-state index contributed by atoms with van der Waals surface area (Å²) in [4.78, 5) is 19.4. The number of nitrogens with zero attached hydrogens (tertiary/aromatic N) is 2. The third kappa shape index (κ3) is 2.97. The van der Waals surface area contributed by atoms with Crippen molar-refractivity contribution < 1.29 is 4.79 Å². The van der Waals surface area contributed by atoms with Gasteiger partial charge in [-0.25, -0.2) is 9.78 Å². The number of hydrogen-bond acceptors (Lipinski definition) is 3. The molecule has 1 aliphatic heterocycles. The second kappa shape index (κ2) is 5.49. The SMILES string of the molecule is CCc1cnc(C(C)NC(=O)N2CCCC2)s1. The largest absolute Gasteiger partial charge is 0.329 e. The summed E-state index contributed by atoms with van der Waals surface area (Å²) in [6, 6.07) is 0.0525. The lowest BCUT2D eigenvalue weighted by atomic mass is 10.3. The number of urea groups is 1. The van der Waals surface area contributed by atoms with Crippen molar-refractivity contribution in [2.45, 2.75) is 39.2 Å². The van der Waals surface area contributed by atoms with Gasteiger partial charge in [-0.1, -0.05) is 6.92 Å². The van der Waals surface area contributed by atoms with Gasteiger partial charge in [0.2, 0.25) is 0 Å². The molecule has 0 aliphatic carbocycles. The monoisotopic (exact) mass is 253 g/mol. The van der Waals surface area contributed by atoms with Crippen LogP contribution in [0.3, 0.4) is 0 Å². The Hall–Kier alpha value is -1.10. The normalized spacial score (nSPS) is 17.2. The highest BCUT2D eigenvalue weighted by molar-refractivity contribution is 7.11. The van der Waals surface area contributed by atoms with Crippen LogP contribution in [-0.4, -0.2) is 29.0 Å². The lowest BCUT2D eigenvalue weighted by molar-refractivity contribution is 0.205. The minimum absolute atomic E-state index is 0.00778. The highest BCUT2D eigenvalue weighted by Gasteiger charge is 2.20. The van der Waals surface area contributed by atoms with Crippen molar-refractivity contribution in [3.63, 3.8) is 0 Å². The first kappa shape index (κ1) is 12.4. The van der Waals surface area contributed by atoms with E-state index in [0.29, 0.717) is 0 Å². The fourth-order valence-corrected chi connectivity index (χ4v) is 2.80. The summed E-state index contributed by atoms with van der Waals surface area (Å²) < 4.78 is 0. The molecule has 1 atom stereocenters. The molecule has 0 spiro atoms. The molecular weight excluding hydrogens is 234 g/mol. The van der Waals surface area contributed by atoms with Gasteiger partial charge in [-0.15, -0.1) is 11.3 Å². The first-order chi connectivity index (χ1) is 8.20. The van der Waals surface area contributed by atoms with Crippen molar-refractivity contribution in [1.82, 2.24) is 15.2 Å². The highest BCUT2D eigenvalue weighted by atomic mass is 32.1. The molecule has 0 radical (unpaired) electrons. The number of aryl methyl sites for hydroxylation is 1. The van der Waals surface area contributed by atoms with E-state index in [9.17, 15) is 4.79 Å². The van der Waals surface area contributed by atoms with Crippen molar-refractivity contribution in [3.05, 3.63) is 16.1 Å². The van der Waals surface area contributed by atoms with Crippen LogP contribution in [0.2, 0.25) is 0 Å². The molecule has 2 amide bonds. The summed E-state index contributed by atoms with van der Waals surface area (Å²) in [5.41, 5.74) is 0. The van der Waals surface area contributed by atoms with Crippen molar-refractivity contribution in [2.75, 3.05) is 13.1 Å². The molecule has 1 saturated heterocycles. The van der Waals surface area contributed by atoms with Crippen molar-refractivity contribution in [3.8, 4) is 0 Å². The van der Waals surface area contributed by atoms with E-state index in [1.54, 1.807) is 11.3 Å². The maximum Gasteiger partial charge on any atom is 0.317 e. The Kier molecular flexibility index (Phi) is 3.99. The molecule has 5 heteroatoms. The summed E-state index contributed by atoms with van der Waals surface area (Å²) >= 11 is 1.68. The van der Waals surface area contributed by atoms with E-state index in [1.165, 1.54) is 4.88 Å². The summed E-state index contributed by atoms with van der Waals surface area (Å²) in [7, 11) is 0. The summed E-state index contributed by atoms with van der Waals surface area (Å²) in [5.74, 6) is 0. The maximum atomic E-state index is 11.9. The van der Waals surface area contributed by atoms with Gasteiger partial charge >= 0.3 is 6.03 Å². The zero-order valence-corrected chi connectivity index (χ0v) is 11.2. The molecule has 0 saturated carbocycles. The van der Waals surface area contributed by atoms with Crippen LogP contribution in [-0.2, 0) is 6.42 Å². The van der Waals surface area contributed by atoms with E-state index in [1.807, 2.05) is 18.0 Å². The third-order valence-electron chi connectivity index (χ3n) is 3.02. The second-order valence-corrected chi connectivity index (χ2v) is 5.53. The zero-order chi connectivity index (χ0) is 12.3. The van der Waals surface area contributed by atoms with E-state index in [4.69, 9.17) is 0 Å². The van der Waals surface area contributed by atoms with Crippen LogP contribution < -0.4 is 5.32 Å². The van der Waals surface area contributed by atoms with Crippen LogP contribution in [0.25, 0.3) is 0 Å². The molecule has 1 aliphatic rings. The summed E-state index contributed by atoms with van der Waals surface area (Å²) in [6.45, 7) is 5.88. The second-order valence-electron chi connectivity index (χ2n) is 4.38. The molecule has 1 aromatic heterocycles. The van der Waals surface area contributed by atoms with Crippen LogP contribution in [0, 0.1) is 0 Å². The number of nitrogens with one attached hydrogen (secondary N) is 1. The number of aromatic nitrogens is 1. The van der Waals surface area contributed by atoms with Gasteiger partial charge in [0.1, 0.15) is 5.01 Å². The Morgan fingerprint density at radius 1 is 1.59 bits per heavy atom. The summed E-state index contributed by atoms with van der Waals surface area (Å²) in [6.07, 6.45) is 5.15. The lowest BCUT2D eigenvalue weighted by Crippen LogP contribution is -2.39. The van der Waals surface area contributed by atoms with E-state index in [0.717, 1.165) is 37.4 Å². The molecule has 2 rings (SSSR count). The first-order valence-electron chi connectivity index (χ1n) is 6.20. The fourth-order valence-electron chi connectivity index (χ4n) is 1.94. The fraction of sp³-hybridized carbons (Fsp3) is 0.667. The van der Waals surface area contributed by atoms with Crippen LogP contribution in [0.1, 0.15) is 42.6 Å². The molecule has 1 unspecified atom stereocenters. The van der Waals surface area contributed by atoms with E-state index >= 15 is 0 Å². The quantitative estimate of drug-likeness (QED) is 0.900. The zero-order valence-electron chi connectivity index (χ0n) is 10.4. The molecule has 17 heavy (non-hydrogen) atoms. The molecule has 0 aromatic carbocycles. The Labute approximate surface area is 106 Å². The number of hydrogen-bond donors (Lipinski definition) is 1. The van der Waals surface area contributed by atoms with Gasteiger partial charge < -0.3 is 10.2 Å². The van der Waals surface area contributed by atoms with Crippen molar-refractivity contribution in [2.24, 2.45) is 0 Å². The average Bonchev–Trinajstić information content (AvgIpc) is 3.00. The molecule has 94 valence electrons. The smallest absolute Gasteiger partial charge is 0.317 e. The van der Waals surface area contributed by atoms with E-state index in [2.05, 4.69) is 17.2 Å². The Morgan fingerprint density at radius 2 is 2.29 bits per heavy atom. The Bertz CT molecular complexity index is 385. The minimum Gasteiger partial charge on any atom is -0.329 e. The summed E-state index contributed by atoms with van der Waals surface area (Å²) in [5, 5.41) is 4.01. The predicted molar refractivity (Wildman–Crippen MR) is 69.2 cm³/mol. The number of rotatable bonds is 3. The maximum absolute atomic E-state index is 11.9. The first-order valence-corrected chi connectivity index (χ1v) is 7.02. The number of carbonyl (C=O) groups excluding carboxylic acids is 1. The molecule has 4 nitrogen and oxygen atoms in total. The van der Waals surface area contributed by atoms with Crippen molar-refractivity contribution in [1.29, 1.82) is 0 Å². The topological polar surface area (TPSA) is 45.2 Å². The predicted octanol–water partition coefficient (Wildman–Crippen LogP) is 2.57. The van der Waals surface area contributed by atoms with E-state index in [-0.39, 0.29) is 12.1 Å². The lowest BCUT2D eigenvalue weighted by Gasteiger charge is -2.19. The molecule has 1 fully saturated rings. The Balaban J connectivity index is 1.91.